The predicted octanol–water partition coefficient (Wildman–Crippen LogP) is 3.61. The Morgan fingerprint density at radius 1 is 1.31 bits per heavy atom. The van der Waals surface area contributed by atoms with Crippen molar-refractivity contribution in [3.63, 3.8) is 0 Å². The maximum absolute atomic E-state index is 12.8. The minimum absolute atomic E-state index is 0.0933. The molecule has 1 saturated heterocycles. The molecule has 1 atom stereocenters. The molecule has 2 amide bonds. The zero-order valence-corrected chi connectivity index (χ0v) is 17.0. The van der Waals surface area contributed by atoms with E-state index in [1.54, 1.807) is 15.9 Å². The van der Waals surface area contributed by atoms with Gasteiger partial charge in [0.1, 0.15) is 11.4 Å². The Balaban J connectivity index is 1.97. The molecule has 7 heteroatoms. The Morgan fingerprint density at radius 2 is 2.04 bits per heavy atom. The van der Waals surface area contributed by atoms with Crippen LogP contribution < -0.4 is 0 Å². The molecular weight excluding hydrogens is 400 g/mol. The highest BCUT2D eigenvalue weighted by molar-refractivity contribution is 9.10. The number of phenols is 1. The Bertz CT molecular complexity index is 729. The lowest BCUT2D eigenvalue weighted by Gasteiger charge is -2.40. The van der Waals surface area contributed by atoms with Crippen molar-refractivity contribution in [2.45, 2.75) is 51.7 Å². The van der Waals surface area contributed by atoms with Crippen molar-refractivity contribution >= 4 is 27.9 Å². The maximum Gasteiger partial charge on any atom is 0.410 e. The Hall–Kier alpha value is -1.76. The number of phenolic OH excluding ortho intramolecular Hbond substituents is 1. The van der Waals surface area contributed by atoms with Crippen LogP contribution in [0.4, 0.5) is 4.79 Å². The molecule has 142 valence electrons. The molecule has 3 rings (SSSR count). The van der Waals surface area contributed by atoms with Crippen LogP contribution in [0.1, 0.15) is 50.8 Å². The van der Waals surface area contributed by atoms with Gasteiger partial charge in [0.25, 0.3) is 0 Å². The van der Waals surface area contributed by atoms with Gasteiger partial charge in [0, 0.05) is 36.1 Å². The number of hydrogen-bond acceptors (Lipinski definition) is 4. The van der Waals surface area contributed by atoms with E-state index in [9.17, 15) is 14.7 Å². The Morgan fingerprint density at radius 3 is 2.65 bits per heavy atom. The molecule has 0 aromatic heterocycles. The van der Waals surface area contributed by atoms with E-state index in [1.165, 1.54) is 0 Å². The lowest BCUT2D eigenvalue weighted by molar-refractivity contribution is -0.128. The maximum atomic E-state index is 12.8. The van der Waals surface area contributed by atoms with Crippen molar-refractivity contribution in [2.24, 2.45) is 0 Å². The standard InChI is InChI=1S/C19H25BrN2O4/c1-19(2,3)26-18(25)22-10-8-12-13(20)6-7-15(23)17(12)14(22)11-21-9-4-5-16(21)24/h6-7,14,23H,4-5,8-11H2,1-3H3. The van der Waals surface area contributed by atoms with Gasteiger partial charge in [-0.05, 0) is 51.3 Å². The molecule has 1 N–H and O–H groups in total. The van der Waals surface area contributed by atoms with Crippen LogP contribution in [0.2, 0.25) is 0 Å². The van der Waals surface area contributed by atoms with E-state index < -0.39 is 17.7 Å². The van der Waals surface area contributed by atoms with Crippen molar-refractivity contribution in [1.29, 1.82) is 0 Å². The summed E-state index contributed by atoms with van der Waals surface area (Å²) in [5, 5.41) is 10.5. The number of benzene rings is 1. The summed E-state index contributed by atoms with van der Waals surface area (Å²) in [7, 11) is 0. The first-order valence-corrected chi connectivity index (χ1v) is 9.74. The van der Waals surface area contributed by atoms with Crippen molar-refractivity contribution in [3.8, 4) is 5.75 Å². The third kappa shape index (κ3) is 3.82. The molecule has 1 fully saturated rings. The molecule has 2 aliphatic rings. The second-order valence-electron chi connectivity index (χ2n) is 7.84. The average Bonchev–Trinajstić information content (AvgIpc) is 2.94. The molecule has 1 aromatic rings. The third-order valence-corrected chi connectivity index (χ3v) is 5.52. The quantitative estimate of drug-likeness (QED) is 0.786. The van der Waals surface area contributed by atoms with E-state index in [0.717, 1.165) is 16.5 Å². The summed E-state index contributed by atoms with van der Waals surface area (Å²) in [6.07, 6.45) is 1.57. The number of likely N-dealkylation sites (tertiary alicyclic amines) is 1. The van der Waals surface area contributed by atoms with Crippen LogP contribution in [0.5, 0.6) is 5.75 Å². The second-order valence-corrected chi connectivity index (χ2v) is 8.70. The summed E-state index contributed by atoms with van der Waals surface area (Å²) in [5.41, 5.74) is 1.09. The summed E-state index contributed by atoms with van der Waals surface area (Å²) in [5.74, 6) is 0.240. The first kappa shape index (κ1) is 19.0. The fourth-order valence-corrected chi connectivity index (χ4v) is 4.17. The molecule has 0 aliphatic carbocycles. The number of amides is 2. The van der Waals surface area contributed by atoms with Crippen molar-refractivity contribution in [3.05, 3.63) is 27.7 Å². The summed E-state index contributed by atoms with van der Waals surface area (Å²) in [4.78, 5) is 28.3. The lowest BCUT2D eigenvalue weighted by atomic mass is 9.91. The van der Waals surface area contributed by atoms with Crippen molar-refractivity contribution in [1.82, 2.24) is 9.80 Å². The number of hydrogen-bond donors (Lipinski definition) is 1. The van der Waals surface area contributed by atoms with Gasteiger partial charge in [0.2, 0.25) is 5.91 Å². The molecule has 0 saturated carbocycles. The van der Waals surface area contributed by atoms with Gasteiger partial charge in [-0.1, -0.05) is 15.9 Å². The van der Waals surface area contributed by atoms with Gasteiger partial charge >= 0.3 is 6.09 Å². The molecular formula is C19H25BrN2O4. The van der Waals surface area contributed by atoms with E-state index in [2.05, 4.69) is 15.9 Å². The van der Waals surface area contributed by atoms with Crippen LogP contribution in [0, 0.1) is 0 Å². The van der Waals surface area contributed by atoms with Crippen LogP contribution in [0.15, 0.2) is 16.6 Å². The number of carbonyl (C=O) groups excluding carboxylic acids is 2. The third-order valence-electron chi connectivity index (χ3n) is 4.78. The normalized spacial score (nSPS) is 20.3. The number of nitrogens with zero attached hydrogens (tertiary/aromatic N) is 2. The van der Waals surface area contributed by atoms with Crippen LogP contribution in [-0.2, 0) is 16.0 Å². The van der Waals surface area contributed by atoms with Gasteiger partial charge in [-0.3, -0.25) is 9.69 Å². The highest BCUT2D eigenvalue weighted by atomic mass is 79.9. The second kappa shape index (κ2) is 7.10. The van der Waals surface area contributed by atoms with Gasteiger partial charge in [0.05, 0.1) is 6.04 Å². The monoisotopic (exact) mass is 424 g/mol. The van der Waals surface area contributed by atoms with E-state index in [4.69, 9.17) is 4.74 Å². The zero-order valence-electron chi connectivity index (χ0n) is 15.4. The largest absolute Gasteiger partial charge is 0.508 e. The van der Waals surface area contributed by atoms with Gasteiger partial charge in [-0.2, -0.15) is 0 Å². The van der Waals surface area contributed by atoms with Crippen molar-refractivity contribution < 1.29 is 19.4 Å². The molecule has 0 radical (unpaired) electrons. The van der Waals surface area contributed by atoms with Gasteiger partial charge in [0.15, 0.2) is 0 Å². The number of carbonyl (C=O) groups is 2. The number of halogens is 1. The number of aromatic hydroxyl groups is 1. The fraction of sp³-hybridized carbons (Fsp3) is 0.579. The minimum atomic E-state index is -0.606. The topological polar surface area (TPSA) is 70.1 Å². The smallest absolute Gasteiger partial charge is 0.410 e. The molecule has 1 unspecified atom stereocenters. The number of ether oxygens (including phenoxy) is 1. The SMILES string of the molecule is CC(C)(C)OC(=O)N1CCc2c(Br)ccc(O)c2C1CN1CCCC1=O. The molecule has 2 aliphatic heterocycles. The van der Waals surface area contributed by atoms with Crippen LogP contribution in [0.3, 0.4) is 0 Å². The fourth-order valence-electron chi connectivity index (χ4n) is 3.63. The van der Waals surface area contributed by atoms with E-state index in [1.807, 2.05) is 26.8 Å². The zero-order chi connectivity index (χ0) is 19.1. The molecule has 26 heavy (non-hydrogen) atoms. The first-order chi connectivity index (χ1) is 12.2. The molecule has 6 nitrogen and oxygen atoms in total. The molecule has 0 spiro atoms. The highest BCUT2D eigenvalue weighted by Gasteiger charge is 2.38. The van der Waals surface area contributed by atoms with Crippen LogP contribution in [0.25, 0.3) is 0 Å². The summed E-state index contributed by atoms with van der Waals surface area (Å²) in [6.45, 7) is 7.02. The number of rotatable bonds is 2. The predicted molar refractivity (Wildman–Crippen MR) is 101 cm³/mol. The van der Waals surface area contributed by atoms with E-state index >= 15 is 0 Å². The van der Waals surface area contributed by atoms with E-state index in [-0.39, 0.29) is 11.7 Å². The lowest BCUT2D eigenvalue weighted by Crippen LogP contribution is -2.47. The number of fused-ring (bicyclic) bond motifs is 1. The van der Waals surface area contributed by atoms with Crippen molar-refractivity contribution in [2.75, 3.05) is 19.6 Å². The molecule has 1 aromatic carbocycles. The van der Waals surface area contributed by atoms with Gasteiger partial charge in [-0.25, -0.2) is 4.79 Å². The summed E-state index contributed by atoms with van der Waals surface area (Å²) in [6, 6.07) is 3.02. The highest BCUT2D eigenvalue weighted by Crippen LogP contribution is 2.41. The average molecular weight is 425 g/mol. The summed E-state index contributed by atoms with van der Waals surface area (Å²) >= 11 is 3.55. The van der Waals surface area contributed by atoms with E-state index in [0.29, 0.717) is 38.0 Å². The summed E-state index contributed by atoms with van der Waals surface area (Å²) < 4.78 is 6.48. The minimum Gasteiger partial charge on any atom is -0.508 e. The first-order valence-electron chi connectivity index (χ1n) is 8.95. The van der Waals surface area contributed by atoms with Gasteiger partial charge < -0.3 is 14.7 Å². The van der Waals surface area contributed by atoms with Crippen LogP contribution in [-0.4, -0.2) is 52.1 Å². The van der Waals surface area contributed by atoms with Gasteiger partial charge in [-0.15, -0.1) is 0 Å². The Kier molecular flexibility index (Phi) is 5.19. The molecule has 2 heterocycles. The Labute approximate surface area is 162 Å². The molecule has 0 bridgehead atoms. The van der Waals surface area contributed by atoms with Crippen LogP contribution >= 0.6 is 15.9 Å².